The largest absolute Gasteiger partial charge is 0.462 e. The Morgan fingerprint density at radius 1 is 1.48 bits per heavy atom. The van der Waals surface area contributed by atoms with Crippen LogP contribution in [0.3, 0.4) is 0 Å². The fraction of sp³-hybridized carbons (Fsp3) is 0.200. The van der Waals surface area contributed by atoms with Crippen LogP contribution in [0.25, 0.3) is 0 Å². The summed E-state index contributed by atoms with van der Waals surface area (Å²) in [6.45, 7) is 2.52. The molecule has 0 saturated heterocycles. The summed E-state index contributed by atoms with van der Waals surface area (Å²) in [4.78, 5) is 16.0. The maximum atomic E-state index is 12.0. The van der Waals surface area contributed by atoms with Crippen molar-refractivity contribution in [1.82, 2.24) is 4.98 Å². The van der Waals surface area contributed by atoms with E-state index in [4.69, 9.17) is 22.1 Å². The van der Waals surface area contributed by atoms with Gasteiger partial charge < -0.3 is 15.8 Å². The SMILES string of the molecule is CCOC(=O)c1cc(N)cc(Cl)c1NCc1cccnc1. The monoisotopic (exact) mass is 305 g/mol. The Kier molecular flexibility index (Phi) is 5.00. The van der Waals surface area contributed by atoms with Crippen molar-refractivity contribution in [1.29, 1.82) is 0 Å². The zero-order valence-corrected chi connectivity index (χ0v) is 12.4. The van der Waals surface area contributed by atoms with Crippen molar-refractivity contribution in [3.63, 3.8) is 0 Å². The highest BCUT2D eigenvalue weighted by molar-refractivity contribution is 6.34. The molecular formula is C15H16ClN3O2. The van der Waals surface area contributed by atoms with Crippen molar-refractivity contribution in [2.75, 3.05) is 17.7 Å². The number of anilines is 2. The number of halogens is 1. The van der Waals surface area contributed by atoms with Crippen LogP contribution in [-0.2, 0) is 11.3 Å². The summed E-state index contributed by atoms with van der Waals surface area (Å²) in [7, 11) is 0. The first kappa shape index (κ1) is 15.1. The van der Waals surface area contributed by atoms with Crippen LogP contribution in [0.1, 0.15) is 22.8 Å². The zero-order chi connectivity index (χ0) is 15.2. The molecule has 2 aromatic rings. The number of carbonyl (C=O) groups is 1. The lowest BCUT2D eigenvalue weighted by Gasteiger charge is -2.14. The Bertz CT molecular complexity index is 632. The number of carbonyl (C=O) groups excluding carboxylic acids is 1. The summed E-state index contributed by atoms with van der Waals surface area (Å²) in [5.41, 5.74) is 7.96. The van der Waals surface area contributed by atoms with Crippen LogP contribution in [0.2, 0.25) is 5.02 Å². The lowest BCUT2D eigenvalue weighted by Crippen LogP contribution is -2.11. The van der Waals surface area contributed by atoms with Crippen molar-refractivity contribution in [2.24, 2.45) is 0 Å². The normalized spacial score (nSPS) is 10.2. The van der Waals surface area contributed by atoms with Gasteiger partial charge in [-0.25, -0.2) is 4.79 Å². The van der Waals surface area contributed by atoms with Crippen LogP contribution in [-0.4, -0.2) is 17.6 Å². The molecule has 0 aliphatic heterocycles. The van der Waals surface area contributed by atoms with Crippen molar-refractivity contribution in [2.45, 2.75) is 13.5 Å². The Balaban J connectivity index is 2.26. The summed E-state index contributed by atoms with van der Waals surface area (Å²) < 4.78 is 5.03. The molecule has 2 rings (SSSR count). The number of pyridine rings is 1. The molecule has 0 fully saturated rings. The summed E-state index contributed by atoms with van der Waals surface area (Å²) in [6.07, 6.45) is 3.44. The van der Waals surface area contributed by atoms with E-state index >= 15 is 0 Å². The summed E-state index contributed by atoms with van der Waals surface area (Å²) >= 11 is 6.18. The average Bonchev–Trinajstić information content (AvgIpc) is 2.47. The highest BCUT2D eigenvalue weighted by Gasteiger charge is 2.16. The molecule has 0 saturated carbocycles. The van der Waals surface area contributed by atoms with E-state index in [0.717, 1.165) is 5.56 Å². The first-order chi connectivity index (χ1) is 10.1. The van der Waals surface area contributed by atoms with Gasteiger partial charge in [0, 0.05) is 24.6 Å². The second kappa shape index (κ2) is 6.95. The van der Waals surface area contributed by atoms with Gasteiger partial charge in [0.25, 0.3) is 0 Å². The van der Waals surface area contributed by atoms with Crippen LogP contribution >= 0.6 is 11.6 Å². The predicted octanol–water partition coefficient (Wildman–Crippen LogP) is 3.11. The topological polar surface area (TPSA) is 77.2 Å². The van der Waals surface area contributed by atoms with Crippen LogP contribution in [0.4, 0.5) is 11.4 Å². The molecule has 0 amide bonds. The number of hydrogen-bond acceptors (Lipinski definition) is 5. The molecule has 5 nitrogen and oxygen atoms in total. The molecule has 1 heterocycles. The standard InChI is InChI=1S/C15H16ClN3O2/c1-2-21-15(20)12-6-11(17)7-13(16)14(12)19-9-10-4-3-5-18-8-10/h3-8,19H,2,9,17H2,1H3. The molecule has 0 bridgehead atoms. The number of rotatable bonds is 5. The number of hydrogen-bond donors (Lipinski definition) is 2. The van der Waals surface area contributed by atoms with Gasteiger partial charge in [-0.3, -0.25) is 4.98 Å². The number of nitrogens with zero attached hydrogens (tertiary/aromatic N) is 1. The number of esters is 1. The Morgan fingerprint density at radius 2 is 2.29 bits per heavy atom. The lowest BCUT2D eigenvalue weighted by atomic mass is 10.1. The minimum Gasteiger partial charge on any atom is -0.462 e. The second-order valence-corrected chi connectivity index (χ2v) is 4.77. The van der Waals surface area contributed by atoms with E-state index in [9.17, 15) is 4.79 Å². The molecule has 1 aromatic carbocycles. The number of nitrogen functional groups attached to an aromatic ring is 1. The minimum absolute atomic E-state index is 0.285. The lowest BCUT2D eigenvalue weighted by molar-refractivity contribution is 0.0527. The summed E-state index contributed by atoms with van der Waals surface area (Å²) in [5.74, 6) is -0.458. The van der Waals surface area contributed by atoms with Crippen molar-refractivity contribution < 1.29 is 9.53 Å². The average molecular weight is 306 g/mol. The zero-order valence-electron chi connectivity index (χ0n) is 11.6. The smallest absolute Gasteiger partial charge is 0.340 e. The third-order valence-electron chi connectivity index (χ3n) is 2.80. The Labute approximate surface area is 128 Å². The molecule has 0 spiro atoms. The van der Waals surface area contributed by atoms with Crippen LogP contribution < -0.4 is 11.1 Å². The Hall–Kier alpha value is -2.27. The quantitative estimate of drug-likeness (QED) is 0.655. The maximum Gasteiger partial charge on any atom is 0.340 e. The number of nitrogens with one attached hydrogen (secondary N) is 1. The molecule has 21 heavy (non-hydrogen) atoms. The second-order valence-electron chi connectivity index (χ2n) is 4.36. The van der Waals surface area contributed by atoms with E-state index in [0.29, 0.717) is 28.5 Å². The molecule has 0 radical (unpaired) electrons. The van der Waals surface area contributed by atoms with Gasteiger partial charge in [-0.2, -0.15) is 0 Å². The van der Waals surface area contributed by atoms with Gasteiger partial charge in [-0.05, 0) is 30.7 Å². The van der Waals surface area contributed by atoms with Gasteiger partial charge in [-0.15, -0.1) is 0 Å². The van der Waals surface area contributed by atoms with Gasteiger partial charge in [0.1, 0.15) is 0 Å². The fourth-order valence-electron chi connectivity index (χ4n) is 1.87. The molecule has 0 unspecified atom stereocenters. The van der Waals surface area contributed by atoms with Crippen LogP contribution in [0.15, 0.2) is 36.7 Å². The highest BCUT2D eigenvalue weighted by atomic mass is 35.5. The van der Waals surface area contributed by atoms with Crippen LogP contribution in [0, 0.1) is 0 Å². The number of ether oxygens (including phenoxy) is 1. The van der Waals surface area contributed by atoms with E-state index in [2.05, 4.69) is 10.3 Å². The Morgan fingerprint density at radius 3 is 2.95 bits per heavy atom. The van der Waals surface area contributed by atoms with E-state index < -0.39 is 5.97 Å². The third-order valence-corrected chi connectivity index (χ3v) is 3.10. The van der Waals surface area contributed by atoms with Gasteiger partial charge in [0.2, 0.25) is 0 Å². The van der Waals surface area contributed by atoms with E-state index in [1.165, 1.54) is 0 Å². The molecule has 3 N–H and O–H groups in total. The van der Waals surface area contributed by atoms with E-state index in [1.54, 1.807) is 31.5 Å². The van der Waals surface area contributed by atoms with E-state index in [1.807, 2.05) is 12.1 Å². The highest BCUT2D eigenvalue weighted by Crippen LogP contribution is 2.30. The molecule has 0 aliphatic rings. The predicted molar refractivity (Wildman–Crippen MR) is 83.4 cm³/mol. The first-order valence-corrected chi connectivity index (χ1v) is 6.88. The van der Waals surface area contributed by atoms with Gasteiger partial charge >= 0.3 is 5.97 Å². The molecule has 0 aliphatic carbocycles. The van der Waals surface area contributed by atoms with Gasteiger partial charge in [-0.1, -0.05) is 17.7 Å². The van der Waals surface area contributed by atoms with Crippen molar-refractivity contribution >= 4 is 28.9 Å². The molecule has 1 aromatic heterocycles. The fourth-order valence-corrected chi connectivity index (χ4v) is 2.16. The molecule has 0 atom stereocenters. The molecule has 6 heteroatoms. The van der Waals surface area contributed by atoms with Gasteiger partial charge in [0.15, 0.2) is 0 Å². The number of aromatic nitrogens is 1. The number of nitrogens with two attached hydrogens (primary N) is 1. The van der Waals surface area contributed by atoms with Gasteiger partial charge in [0.05, 0.1) is 22.9 Å². The van der Waals surface area contributed by atoms with Crippen molar-refractivity contribution in [3.8, 4) is 0 Å². The van der Waals surface area contributed by atoms with E-state index in [-0.39, 0.29) is 6.61 Å². The maximum absolute atomic E-state index is 12.0. The summed E-state index contributed by atoms with van der Waals surface area (Å²) in [6, 6.07) is 6.91. The number of benzene rings is 1. The third kappa shape index (κ3) is 3.86. The van der Waals surface area contributed by atoms with Crippen LogP contribution in [0.5, 0.6) is 0 Å². The van der Waals surface area contributed by atoms with Crippen molar-refractivity contribution in [3.05, 3.63) is 52.8 Å². The first-order valence-electron chi connectivity index (χ1n) is 6.50. The molecule has 110 valence electrons. The molecular weight excluding hydrogens is 290 g/mol. The summed E-state index contributed by atoms with van der Waals surface area (Å²) in [5, 5.41) is 3.51. The minimum atomic E-state index is -0.458.